The summed E-state index contributed by atoms with van der Waals surface area (Å²) in [6.45, 7) is 19.8. The Labute approximate surface area is 219 Å². The Bertz CT molecular complexity index is 1090. The molecule has 7 nitrogen and oxygen atoms in total. The van der Waals surface area contributed by atoms with E-state index in [0.717, 1.165) is 28.2 Å². The number of allylic oxidation sites excluding steroid dienone is 1. The first kappa shape index (κ1) is 30.9. The molecule has 2 aromatic heterocycles. The fraction of sp³-hybridized carbons (Fsp3) is 0.464. The molecule has 0 amide bonds. The lowest BCUT2D eigenvalue weighted by Gasteiger charge is -2.54. The van der Waals surface area contributed by atoms with E-state index in [1.807, 2.05) is 46.8 Å². The summed E-state index contributed by atoms with van der Waals surface area (Å²) >= 11 is 0. The Hall–Kier alpha value is -3.13. The molecule has 1 aliphatic rings. The fourth-order valence-electron chi connectivity index (χ4n) is 4.03. The first-order valence-electron chi connectivity index (χ1n) is 12.5. The van der Waals surface area contributed by atoms with Gasteiger partial charge in [0.1, 0.15) is 13.7 Å². The smallest absolute Gasteiger partial charge is 0.163 e. The van der Waals surface area contributed by atoms with Crippen molar-refractivity contribution in [3.8, 4) is 0 Å². The molecule has 3 rings (SSSR count). The van der Waals surface area contributed by atoms with Gasteiger partial charge in [-0.05, 0) is 57.0 Å². The van der Waals surface area contributed by atoms with Crippen LogP contribution in [0.3, 0.4) is 0 Å². The van der Waals surface area contributed by atoms with Gasteiger partial charge in [0.15, 0.2) is 5.72 Å². The number of aromatic nitrogens is 2. The van der Waals surface area contributed by atoms with Gasteiger partial charge in [-0.1, -0.05) is 40.7 Å². The number of hydrogen-bond acceptors (Lipinski definition) is 6. The molecule has 8 heteroatoms. The van der Waals surface area contributed by atoms with Crippen LogP contribution in [0.15, 0.2) is 59.6 Å². The summed E-state index contributed by atoms with van der Waals surface area (Å²) in [6, 6.07) is 3.80. The lowest BCUT2D eigenvalue weighted by molar-refractivity contribution is -0.117. The van der Waals surface area contributed by atoms with Crippen LogP contribution >= 0.6 is 0 Å². The second kappa shape index (κ2) is 13.3. The highest BCUT2D eigenvalue weighted by atomic mass is 16.3. The Morgan fingerprint density at radius 3 is 2.50 bits per heavy atom. The number of nitrogens with two attached hydrogens (primary N) is 1. The van der Waals surface area contributed by atoms with Gasteiger partial charge in [0.25, 0.3) is 0 Å². The zero-order valence-electron chi connectivity index (χ0n) is 23.5. The molecule has 0 spiro atoms. The maximum absolute atomic E-state index is 11.7. The summed E-state index contributed by atoms with van der Waals surface area (Å²) in [5.74, 6) is 0.371. The molecule has 0 bridgehead atoms. The van der Waals surface area contributed by atoms with Gasteiger partial charge in [-0.25, -0.2) is 0 Å². The number of aliphatic imine (C=N–C) groups is 1. The second-order valence-corrected chi connectivity index (χ2v) is 9.05. The summed E-state index contributed by atoms with van der Waals surface area (Å²) < 4.78 is 0. The van der Waals surface area contributed by atoms with Gasteiger partial charge in [-0.2, -0.15) is 0 Å². The van der Waals surface area contributed by atoms with Gasteiger partial charge < -0.3 is 21.1 Å². The summed E-state index contributed by atoms with van der Waals surface area (Å²) in [5.41, 5.74) is 8.92. The Balaban J connectivity index is 0.00000120. The molecule has 0 saturated heterocycles. The maximum atomic E-state index is 11.7. The lowest BCUT2D eigenvalue weighted by atomic mass is 9.68. The van der Waals surface area contributed by atoms with Crippen LogP contribution in [0.5, 0.6) is 0 Å². The number of amidine groups is 1. The number of nitrogens with zero attached hydrogens (tertiary/aromatic N) is 4. The number of nitrogens with one attached hydrogen (secondary N) is 1. The summed E-state index contributed by atoms with van der Waals surface area (Å²) in [4.78, 5) is 14.4. The average molecular weight is 491 g/mol. The molecule has 0 fully saturated rings. The largest absolute Gasteiger partial charge is 0.384 e. The van der Waals surface area contributed by atoms with E-state index in [1.165, 1.54) is 6.42 Å². The van der Waals surface area contributed by atoms with E-state index in [4.69, 9.17) is 13.6 Å². The van der Waals surface area contributed by atoms with Crippen molar-refractivity contribution in [2.45, 2.75) is 79.4 Å². The van der Waals surface area contributed by atoms with Crippen LogP contribution in [0.4, 0.5) is 11.4 Å². The van der Waals surface area contributed by atoms with Gasteiger partial charge in [-0.15, -0.1) is 0 Å². The predicted octanol–water partition coefficient (Wildman–Crippen LogP) is 5.33. The standard InChI is InChI=1S/C23H29BN6O.C3H8.C2H6/c1-14(9-21(25)26-6)16(3)30-22(4,24)11-20-18(23(30,5)31)10-17(13-28-20)29-19-7-8-27-12-15(19)2;1-3-2;1-2/h7-10,12-13,31H,3,11H2,1-2,4-6H3,(H2,25,26)(H,27,29);3H2,1-2H3;1-2H3/b14-9-;;. The average Bonchev–Trinajstić information content (AvgIpc) is 2.82. The van der Waals surface area contributed by atoms with Crippen LogP contribution in [-0.2, 0) is 12.1 Å². The van der Waals surface area contributed by atoms with E-state index in [1.54, 1.807) is 43.5 Å². The number of anilines is 2. The zero-order valence-corrected chi connectivity index (χ0v) is 23.5. The van der Waals surface area contributed by atoms with Crippen molar-refractivity contribution in [3.05, 3.63) is 71.5 Å². The molecule has 0 aromatic carbocycles. The number of rotatable bonds is 5. The number of hydrogen-bond donors (Lipinski definition) is 3. The van der Waals surface area contributed by atoms with Crippen LogP contribution in [0.2, 0.25) is 0 Å². The molecule has 36 heavy (non-hydrogen) atoms. The Morgan fingerprint density at radius 2 is 1.94 bits per heavy atom. The third-order valence-corrected chi connectivity index (χ3v) is 5.60. The van der Waals surface area contributed by atoms with Crippen LogP contribution in [0.25, 0.3) is 0 Å². The SMILES string of the molecule is CC.CCC.[B]C1(C)Cc2ncc(Nc3ccncc3C)cc2C(C)(O)N1C(=C)/C(C)=C\C(N)=NC. The normalized spacial score (nSPS) is 21.3. The van der Waals surface area contributed by atoms with Crippen LogP contribution < -0.4 is 11.1 Å². The zero-order chi connectivity index (χ0) is 27.7. The van der Waals surface area contributed by atoms with E-state index in [9.17, 15) is 5.11 Å². The number of pyridine rings is 2. The lowest BCUT2D eigenvalue weighted by Crippen LogP contribution is -2.61. The van der Waals surface area contributed by atoms with Gasteiger partial charge in [-0.3, -0.25) is 15.0 Å². The minimum absolute atomic E-state index is 0.371. The highest BCUT2D eigenvalue weighted by Crippen LogP contribution is 2.44. The van der Waals surface area contributed by atoms with Crippen molar-refractivity contribution in [3.63, 3.8) is 0 Å². The topological polar surface area (TPSA) is 99.7 Å². The molecule has 4 N–H and O–H groups in total. The van der Waals surface area contributed by atoms with E-state index in [2.05, 4.69) is 40.7 Å². The molecule has 0 saturated carbocycles. The highest BCUT2D eigenvalue weighted by Gasteiger charge is 2.47. The number of fused-ring (bicyclic) bond motifs is 1. The van der Waals surface area contributed by atoms with Crippen LogP contribution in [0.1, 0.15) is 71.7 Å². The first-order valence-corrected chi connectivity index (χ1v) is 12.5. The molecule has 194 valence electrons. The monoisotopic (exact) mass is 490 g/mol. The van der Waals surface area contributed by atoms with Crippen LogP contribution in [0, 0.1) is 6.92 Å². The maximum Gasteiger partial charge on any atom is 0.163 e. The molecule has 3 heterocycles. The molecule has 2 atom stereocenters. The van der Waals surface area contributed by atoms with Crippen molar-refractivity contribution >= 4 is 25.1 Å². The third-order valence-electron chi connectivity index (χ3n) is 5.60. The molecule has 0 aliphatic carbocycles. The number of aryl methyl sites for hydroxylation is 1. The van der Waals surface area contributed by atoms with E-state index in [0.29, 0.717) is 23.5 Å². The van der Waals surface area contributed by atoms with E-state index in [-0.39, 0.29) is 0 Å². The summed E-state index contributed by atoms with van der Waals surface area (Å²) in [6.07, 6.45) is 8.67. The van der Waals surface area contributed by atoms with Crippen molar-refractivity contribution in [2.24, 2.45) is 10.7 Å². The second-order valence-electron chi connectivity index (χ2n) is 9.05. The molecule has 2 radical (unpaired) electrons. The van der Waals surface area contributed by atoms with E-state index >= 15 is 0 Å². The minimum atomic E-state index is -1.45. The molecule has 2 unspecified atom stereocenters. The summed E-state index contributed by atoms with van der Waals surface area (Å²) in [5, 5.41) is 15.0. The first-order chi connectivity index (χ1) is 16.9. The summed E-state index contributed by atoms with van der Waals surface area (Å²) in [7, 11) is 8.27. The van der Waals surface area contributed by atoms with Gasteiger partial charge in [0.05, 0.1) is 11.9 Å². The fourth-order valence-corrected chi connectivity index (χ4v) is 4.03. The van der Waals surface area contributed by atoms with Crippen molar-refractivity contribution in [1.82, 2.24) is 14.9 Å². The minimum Gasteiger partial charge on any atom is -0.384 e. The molecule has 2 aromatic rings. The van der Waals surface area contributed by atoms with Crippen LogP contribution in [-0.4, -0.2) is 46.1 Å². The Kier molecular flexibility index (Phi) is 11.4. The number of aliphatic hydroxyl groups is 1. The van der Waals surface area contributed by atoms with Crippen molar-refractivity contribution < 1.29 is 5.11 Å². The Morgan fingerprint density at radius 1 is 1.33 bits per heavy atom. The molecule has 1 aliphatic heterocycles. The van der Waals surface area contributed by atoms with Gasteiger partial charge in [0, 0.05) is 53.9 Å². The molecular formula is C28H43BN6O. The van der Waals surface area contributed by atoms with Gasteiger partial charge in [0.2, 0.25) is 0 Å². The third kappa shape index (κ3) is 7.20. The van der Waals surface area contributed by atoms with Gasteiger partial charge >= 0.3 is 0 Å². The highest BCUT2D eigenvalue weighted by molar-refractivity contribution is 6.15. The van der Waals surface area contributed by atoms with Crippen molar-refractivity contribution in [1.29, 1.82) is 0 Å². The van der Waals surface area contributed by atoms with E-state index < -0.39 is 11.2 Å². The van der Waals surface area contributed by atoms with Crippen molar-refractivity contribution in [2.75, 3.05) is 12.4 Å². The quantitative estimate of drug-likeness (QED) is 0.227. The molecular weight excluding hydrogens is 447 g/mol. The predicted molar refractivity (Wildman–Crippen MR) is 154 cm³/mol.